The third kappa shape index (κ3) is 5.52. The lowest BCUT2D eigenvalue weighted by Gasteiger charge is -2.24. The number of anilines is 1. The molecule has 4 aromatic rings. The summed E-state index contributed by atoms with van der Waals surface area (Å²) in [7, 11) is 1.47. The van der Waals surface area contributed by atoms with Crippen molar-refractivity contribution in [2.75, 3.05) is 19.2 Å². The van der Waals surface area contributed by atoms with Crippen molar-refractivity contribution in [2.24, 2.45) is 0 Å². The zero-order valence-corrected chi connectivity index (χ0v) is 21.9. The van der Waals surface area contributed by atoms with Crippen LogP contribution < -0.4 is 25.8 Å². The van der Waals surface area contributed by atoms with Crippen LogP contribution in [0.5, 0.6) is 11.5 Å². The predicted molar refractivity (Wildman–Crippen MR) is 143 cm³/mol. The molecular formula is C26H22N8O8. The van der Waals surface area contributed by atoms with E-state index < -0.39 is 28.4 Å². The van der Waals surface area contributed by atoms with Crippen molar-refractivity contribution in [3.05, 3.63) is 97.3 Å². The van der Waals surface area contributed by atoms with Crippen molar-refractivity contribution >= 4 is 17.5 Å². The molecule has 1 unspecified atom stereocenters. The van der Waals surface area contributed by atoms with Crippen LogP contribution in [0.25, 0.3) is 5.82 Å². The summed E-state index contributed by atoms with van der Waals surface area (Å²) in [5.41, 5.74) is 1.12. The van der Waals surface area contributed by atoms with Crippen LogP contribution in [0.1, 0.15) is 34.1 Å². The number of aromatic amines is 1. The molecule has 1 amide bonds. The number of H-pyrrole nitrogens is 1. The number of hydrogen-bond donors (Lipinski definition) is 4. The number of rotatable bonds is 9. The van der Waals surface area contributed by atoms with E-state index in [1.807, 2.05) is 6.07 Å². The van der Waals surface area contributed by atoms with Crippen molar-refractivity contribution in [1.82, 2.24) is 25.1 Å². The number of fused-ring (bicyclic) bond motifs is 1. The van der Waals surface area contributed by atoms with Gasteiger partial charge in [0.05, 0.1) is 30.3 Å². The fourth-order valence-corrected chi connectivity index (χ4v) is 4.42. The summed E-state index contributed by atoms with van der Waals surface area (Å²) in [4.78, 5) is 41.7. The van der Waals surface area contributed by atoms with Gasteiger partial charge in [-0.3, -0.25) is 15.1 Å². The fourth-order valence-electron chi connectivity index (χ4n) is 4.42. The third-order valence-corrected chi connectivity index (χ3v) is 6.29. The van der Waals surface area contributed by atoms with Gasteiger partial charge in [-0.2, -0.15) is 9.94 Å². The minimum Gasteiger partial charge on any atom is -0.493 e. The molecule has 16 heteroatoms. The number of carboxylic acid groups (broad SMARTS) is 1. The molecule has 0 aliphatic carbocycles. The van der Waals surface area contributed by atoms with Gasteiger partial charge in [-0.05, 0) is 47.5 Å². The Bertz CT molecular complexity index is 1760. The van der Waals surface area contributed by atoms with Gasteiger partial charge >= 0.3 is 17.5 Å². The molecule has 4 N–H and O–H groups in total. The smallest absolute Gasteiger partial charge is 0.404 e. The van der Waals surface area contributed by atoms with Crippen molar-refractivity contribution in [2.45, 2.75) is 19.2 Å². The molecule has 2 aromatic carbocycles. The normalized spacial score (nSPS) is 12.8. The van der Waals surface area contributed by atoms with Gasteiger partial charge in [-0.25, -0.2) is 14.6 Å². The molecule has 0 radical (unpaired) electrons. The molecule has 3 heterocycles. The summed E-state index contributed by atoms with van der Waals surface area (Å²) in [5.74, 6) is 0.675. The number of methoxy groups -OCH3 is 1. The number of nitro groups is 1. The summed E-state index contributed by atoms with van der Waals surface area (Å²) >= 11 is 0. The number of aromatic nitrogens is 4. The molecular weight excluding hydrogens is 552 g/mol. The maximum absolute atomic E-state index is 13.0. The number of pyridine rings is 1. The summed E-state index contributed by atoms with van der Waals surface area (Å²) < 4.78 is 17.4. The molecule has 1 aliphatic rings. The van der Waals surface area contributed by atoms with Crippen molar-refractivity contribution in [3.8, 4) is 23.4 Å². The fraction of sp³-hybridized carbons (Fsp3) is 0.192. The Labute approximate surface area is 236 Å². The Morgan fingerprint density at radius 3 is 2.93 bits per heavy atom. The SMILES string of the molecule is COc1cc(C(Nc2ccc(C#N)c(CNC(=O)O)c2)c2nn(-c3ncccc3[N+](=O)[O-])c(=O)[nH]2)cc2c1OCOC2. The Hall–Kier alpha value is -5.95. The average molecular weight is 575 g/mol. The van der Waals surface area contributed by atoms with Crippen molar-refractivity contribution < 1.29 is 29.0 Å². The van der Waals surface area contributed by atoms with Gasteiger partial charge in [0, 0.05) is 30.1 Å². The Morgan fingerprint density at radius 1 is 1.36 bits per heavy atom. The number of carbonyl (C=O) groups is 1. The van der Waals surface area contributed by atoms with Crippen molar-refractivity contribution in [1.29, 1.82) is 5.26 Å². The molecule has 0 saturated carbocycles. The number of nitrogens with one attached hydrogen (secondary N) is 3. The van der Waals surface area contributed by atoms with E-state index >= 15 is 0 Å². The molecule has 1 aliphatic heterocycles. The molecule has 42 heavy (non-hydrogen) atoms. The lowest BCUT2D eigenvalue weighted by molar-refractivity contribution is -0.385. The highest BCUT2D eigenvalue weighted by Crippen LogP contribution is 2.39. The molecule has 1 atom stereocenters. The zero-order chi connectivity index (χ0) is 29.8. The third-order valence-electron chi connectivity index (χ3n) is 6.29. The Kier molecular flexibility index (Phi) is 7.66. The minimum absolute atomic E-state index is 0.0450. The molecule has 214 valence electrons. The lowest BCUT2D eigenvalue weighted by atomic mass is 10.0. The molecule has 0 bridgehead atoms. The highest BCUT2D eigenvalue weighted by Gasteiger charge is 2.27. The topological polar surface area (TPSA) is 220 Å². The van der Waals surface area contributed by atoms with Crippen LogP contribution in [0.15, 0.2) is 53.5 Å². The van der Waals surface area contributed by atoms with E-state index in [0.29, 0.717) is 33.9 Å². The molecule has 16 nitrogen and oxygen atoms in total. The first kappa shape index (κ1) is 27.6. The van der Waals surface area contributed by atoms with Crippen LogP contribution >= 0.6 is 0 Å². The number of ether oxygens (including phenoxy) is 3. The molecule has 0 fully saturated rings. The molecule has 0 saturated heterocycles. The minimum atomic E-state index is -1.26. The quantitative estimate of drug-likeness (QED) is 0.167. The monoisotopic (exact) mass is 574 g/mol. The molecule has 0 spiro atoms. The maximum atomic E-state index is 13.0. The summed E-state index contributed by atoms with van der Waals surface area (Å²) in [6.07, 6.45) is 0.0452. The Balaban J connectivity index is 1.63. The van der Waals surface area contributed by atoms with Gasteiger partial charge in [0.2, 0.25) is 5.82 Å². The van der Waals surface area contributed by atoms with Crippen LogP contribution in [0.3, 0.4) is 0 Å². The zero-order valence-electron chi connectivity index (χ0n) is 21.9. The van der Waals surface area contributed by atoms with Crippen LogP contribution in [-0.4, -0.2) is 49.8 Å². The van der Waals surface area contributed by atoms with Gasteiger partial charge in [0.15, 0.2) is 24.1 Å². The van der Waals surface area contributed by atoms with Crippen LogP contribution in [0, 0.1) is 21.4 Å². The van der Waals surface area contributed by atoms with Crippen LogP contribution in [0.2, 0.25) is 0 Å². The average Bonchev–Trinajstić information content (AvgIpc) is 3.38. The van der Waals surface area contributed by atoms with E-state index in [2.05, 4.69) is 25.7 Å². The highest BCUT2D eigenvalue weighted by molar-refractivity contribution is 5.65. The number of nitrogens with zero attached hydrogens (tertiary/aromatic N) is 5. The predicted octanol–water partition coefficient (Wildman–Crippen LogP) is 2.58. The van der Waals surface area contributed by atoms with Crippen LogP contribution in [0.4, 0.5) is 16.2 Å². The van der Waals surface area contributed by atoms with Gasteiger partial charge in [0.25, 0.3) is 0 Å². The van der Waals surface area contributed by atoms with E-state index in [0.717, 1.165) is 4.68 Å². The standard InChI is InChI=1S/C26H22N8O8/c1-40-20-9-15(7-17-12-41-13-42-22(17)20)21(30-18-5-4-14(10-27)16(8-18)11-29-26(36)37)23-31-25(35)33(32-23)24-19(34(38)39)3-2-6-28-24/h2-9,21,29-30H,11-13H2,1H3,(H,36,37)(H,31,32,35). The molecule has 5 rings (SSSR count). The van der Waals surface area contributed by atoms with Crippen molar-refractivity contribution in [3.63, 3.8) is 0 Å². The van der Waals surface area contributed by atoms with Gasteiger partial charge < -0.3 is 30.0 Å². The summed E-state index contributed by atoms with van der Waals surface area (Å²) in [6.45, 7) is 0.136. The van der Waals surface area contributed by atoms with Gasteiger partial charge in [0.1, 0.15) is 6.04 Å². The second kappa shape index (κ2) is 11.7. The van der Waals surface area contributed by atoms with E-state index in [-0.39, 0.29) is 37.2 Å². The van der Waals surface area contributed by atoms with E-state index in [1.54, 1.807) is 24.3 Å². The first-order valence-electron chi connectivity index (χ1n) is 12.3. The number of benzene rings is 2. The maximum Gasteiger partial charge on any atom is 0.404 e. The van der Waals surface area contributed by atoms with Crippen LogP contribution in [-0.2, 0) is 17.9 Å². The van der Waals surface area contributed by atoms with E-state index in [9.17, 15) is 25.0 Å². The first-order chi connectivity index (χ1) is 20.3. The van der Waals surface area contributed by atoms with E-state index in [1.165, 1.54) is 31.5 Å². The summed E-state index contributed by atoms with van der Waals surface area (Å²) in [5, 5.41) is 40.0. The first-order valence-corrected chi connectivity index (χ1v) is 12.3. The van der Waals surface area contributed by atoms with Gasteiger partial charge in [-0.15, -0.1) is 5.10 Å². The van der Waals surface area contributed by atoms with Gasteiger partial charge in [-0.1, -0.05) is 0 Å². The molecule has 2 aromatic heterocycles. The second-order valence-electron chi connectivity index (χ2n) is 8.87. The van der Waals surface area contributed by atoms with E-state index in [4.69, 9.17) is 19.3 Å². The lowest BCUT2D eigenvalue weighted by Crippen LogP contribution is -2.21. The Morgan fingerprint density at radius 2 is 2.19 bits per heavy atom. The largest absolute Gasteiger partial charge is 0.493 e. The number of nitriles is 1. The highest BCUT2D eigenvalue weighted by atomic mass is 16.7. The number of hydrogen-bond acceptors (Lipinski definition) is 11. The summed E-state index contributed by atoms with van der Waals surface area (Å²) in [6, 6.07) is 11.9. The number of amides is 1. The second-order valence-corrected chi connectivity index (χ2v) is 8.87.